The molecule has 0 saturated carbocycles. The van der Waals surface area contributed by atoms with Crippen molar-refractivity contribution in [2.24, 2.45) is 10.4 Å². The fourth-order valence-electron chi connectivity index (χ4n) is 1.71. The lowest BCUT2D eigenvalue weighted by Crippen LogP contribution is -2.24. The molecule has 70 valence electrons. The highest BCUT2D eigenvalue weighted by molar-refractivity contribution is 5.61. The van der Waals surface area contributed by atoms with Gasteiger partial charge in [0.1, 0.15) is 0 Å². The van der Waals surface area contributed by atoms with Gasteiger partial charge in [-0.25, -0.2) is 4.99 Å². The molecule has 13 heavy (non-hydrogen) atoms. The Balaban J connectivity index is 2.20. The molecule has 0 bridgehead atoms. The van der Waals surface area contributed by atoms with E-state index >= 15 is 0 Å². The van der Waals surface area contributed by atoms with Crippen molar-refractivity contribution in [1.29, 1.82) is 0 Å². The van der Waals surface area contributed by atoms with Crippen molar-refractivity contribution in [1.82, 2.24) is 4.90 Å². The highest BCUT2D eigenvalue weighted by atomic mass is 15.2. The summed E-state index contributed by atoms with van der Waals surface area (Å²) in [6.45, 7) is 6.79. The summed E-state index contributed by atoms with van der Waals surface area (Å²) in [5.41, 5.74) is 1.80. The van der Waals surface area contributed by atoms with Crippen LogP contribution in [0, 0.1) is 5.41 Å². The monoisotopic (exact) mass is 176 g/mol. The molecule has 2 aliphatic heterocycles. The van der Waals surface area contributed by atoms with Gasteiger partial charge in [0.2, 0.25) is 0 Å². The topological polar surface area (TPSA) is 15.6 Å². The molecule has 0 amide bonds. The maximum atomic E-state index is 4.11. The van der Waals surface area contributed by atoms with Crippen LogP contribution < -0.4 is 0 Å². The summed E-state index contributed by atoms with van der Waals surface area (Å²) in [5, 5.41) is 0. The number of hydrogen-bond donors (Lipinski definition) is 0. The Kier molecular flexibility index (Phi) is 1.79. The Bertz CT molecular complexity index is 292. The zero-order chi connectivity index (χ0) is 9.47. The predicted octanol–water partition coefficient (Wildman–Crippen LogP) is 2.55. The van der Waals surface area contributed by atoms with Crippen molar-refractivity contribution >= 4 is 6.34 Å². The molecule has 2 heteroatoms. The van der Waals surface area contributed by atoms with Gasteiger partial charge in [-0.05, 0) is 23.5 Å². The van der Waals surface area contributed by atoms with Gasteiger partial charge in [0.05, 0.1) is 12.4 Å². The quantitative estimate of drug-likeness (QED) is 0.554. The average molecular weight is 176 g/mol. The third-order valence-corrected chi connectivity index (χ3v) is 2.67. The van der Waals surface area contributed by atoms with E-state index in [4.69, 9.17) is 0 Å². The van der Waals surface area contributed by atoms with Crippen LogP contribution in [-0.4, -0.2) is 17.3 Å². The molecule has 0 N–H and O–H groups in total. The molecular weight excluding hydrogens is 160 g/mol. The third-order valence-electron chi connectivity index (χ3n) is 2.67. The minimum Gasteiger partial charge on any atom is -0.332 e. The zero-order valence-corrected chi connectivity index (χ0v) is 8.49. The van der Waals surface area contributed by atoms with Crippen LogP contribution in [0.3, 0.4) is 0 Å². The minimum absolute atomic E-state index is 0.291. The van der Waals surface area contributed by atoms with Crippen LogP contribution in [-0.2, 0) is 0 Å². The van der Waals surface area contributed by atoms with Gasteiger partial charge < -0.3 is 4.90 Å². The zero-order valence-electron chi connectivity index (χ0n) is 8.49. The van der Waals surface area contributed by atoms with E-state index in [1.54, 1.807) is 0 Å². The Morgan fingerprint density at radius 2 is 2.23 bits per heavy atom. The van der Waals surface area contributed by atoms with Crippen LogP contribution >= 0.6 is 0 Å². The van der Waals surface area contributed by atoms with Gasteiger partial charge >= 0.3 is 0 Å². The van der Waals surface area contributed by atoms with Crippen LogP contribution in [0.1, 0.15) is 27.2 Å². The van der Waals surface area contributed by atoms with E-state index in [0.717, 1.165) is 6.42 Å². The second-order valence-electron chi connectivity index (χ2n) is 4.73. The lowest BCUT2D eigenvalue weighted by atomic mass is 9.85. The first-order valence-corrected chi connectivity index (χ1v) is 4.76. The first kappa shape index (κ1) is 8.54. The maximum Gasteiger partial charge on any atom is 0.0950 e. The first-order valence-electron chi connectivity index (χ1n) is 4.76. The van der Waals surface area contributed by atoms with E-state index in [0.29, 0.717) is 11.5 Å². The molecule has 0 aliphatic carbocycles. The van der Waals surface area contributed by atoms with Gasteiger partial charge in [-0.2, -0.15) is 0 Å². The predicted molar refractivity (Wildman–Crippen MR) is 55.4 cm³/mol. The average Bonchev–Trinajstić information content (AvgIpc) is 2.45. The van der Waals surface area contributed by atoms with Crippen LogP contribution in [0.25, 0.3) is 0 Å². The molecule has 2 heterocycles. The summed E-state index contributed by atoms with van der Waals surface area (Å²) in [6, 6.07) is 0.520. The van der Waals surface area contributed by atoms with E-state index in [1.807, 2.05) is 12.5 Å². The molecule has 1 atom stereocenters. The van der Waals surface area contributed by atoms with E-state index in [2.05, 4.69) is 42.9 Å². The van der Waals surface area contributed by atoms with Crippen LogP contribution in [0.2, 0.25) is 0 Å². The van der Waals surface area contributed by atoms with Crippen LogP contribution in [0.4, 0.5) is 0 Å². The SMILES string of the molecule is CC(C)(C)C1=CN2C=NC=CC2C1. The molecule has 0 fully saturated rings. The molecule has 0 spiro atoms. The summed E-state index contributed by atoms with van der Waals surface area (Å²) in [4.78, 5) is 6.31. The normalized spacial score (nSPS) is 26.2. The fraction of sp³-hybridized carbons (Fsp3) is 0.545. The first-order chi connectivity index (χ1) is 6.07. The summed E-state index contributed by atoms with van der Waals surface area (Å²) in [6.07, 6.45) is 9.34. The van der Waals surface area contributed by atoms with E-state index in [-0.39, 0.29) is 0 Å². The molecule has 1 unspecified atom stereocenters. The fourth-order valence-corrected chi connectivity index (χ4v) is 1.71. The van der Waals surface area contributed by atoms with Gasteiger partial charge in [0.25, 0.3) is 0 Å². The molecule has 2 nitrogen and oxygen atoms in total. The summed E-state index contributed by atoms with van der Waals surface area (Å²) in [7, 11) is 0. The van der Waals surface area contributed by atoms with Gasteiger partial charge in [-0.3, -0.25) is 0 Å². The number of hydrogen-bond acceptors (Lipinski definition) is 2. The molecule has 0 saturated heterocycles. The second kappa shape index (κ2) is 2.72. The number of fused-ring (bicyclic) bond motifs is 1. The van der Waals surface area contributed by atoms with Gasteiger partial charge in [-0.1, -0.05) is 20.8 Å². The molecule has 0 aromatic carbocycles. The number of nitrogens with zero attached hydrogens (tertiary/aromatic N) is 2. The highest BCUT2D eigenvalue weighted by Gasteiger charge is 2.28. The van der Waals surface area contributed by atoms with Crippen LogP contribution in [0.15, 0.2) is 29.0 Å². The standard InChI is InChI=1S/C11H16N2/c1-11(2,3)9-6-10-4-5-12-8-13(10)7-9/h4-5,7-8,10H,6H2,1-3H3. The lowest BCUT2D eigenvalue weighted by Gasteiger charge is -2.20. The highest BCUT2D eigenvalue weighted by Crippen LogP contribution is 2.35. The lowest BCUT2D eigenvalue weighted by molar-refractivity contribution is 0.471. The van der Waals surface area contributed by atoms with Gasteiger partial charge in [-0.15, -0.1) is 0 Å². The second-order valence-corrected chi connectivity index (χ2v) is 4.73. The van der Waals surface area contributed by atoms with Crippen molar-refractivity contribution in [3.63, 3.8) is 0 Å². The molecule has 2 aliphatic rings. The Hall–Kier alpha value is -1.05. The van der Waals surface area contributed by atoms with E-state index < -0.39 is 0 Å². The Morgan fingerprint density at radius 3 is 2.85 bits per heavy atom. The Morgan fingerprint density at radius 1 is 1.46 bits per heavy atom. The van der Waals surface area contributed by atoms with Crippen molar-refractivity contribution in [2.45, 2.75) is 33.2 Å². The Labute approximate surface area is 79.7 Å². The molecule has 0 aromatic heterocycles. The van der Waals surface area contributed by atoms with Crippen molar-refractivity contribution < 1.29 is 0 Å². The number of aliphatic imine (C=N–C) groups is 1. The van der Waals surface area contributed by atoms with E-state index in [9.17, 15) is 0 Å². The summed E-state index contributed by atoms with van der Waals surface area (Å²) < 4.78 is 0. The van der Waals surface area contributed by atoms with Gasteiger partial charge in [0.15, 0.2) is 0 Å². The van der Waals surface area contributed by atoms with Crippen molar-refractivity contribution in [2.75, 3.05) is 0 Å². The molecule has 2 rings (SSSR count). The molecular formula is C11H16N2. The number of rotatable bonds is 0. The maximum absolute atomic E-state index is 4.11. The van der Waals surface area contributed by atoms with Crippen LogP contribution in [0.5, 0.6) is 0 Å². The molecule has 0 aromatic rings. The summed E-state index contributed by atoms with van der Waals surface area (Å²) >= 11 is 0. The third kappa shape index (κ3) is 1.53. The van der Waals surface area contributed by atoms with Crippen molar-refractivity contribution in [3.05, 3.63) is 24.0 Å². The minimum atomic E-state index is 0.291. The molecule has 0 radical (unpaired) electrons. The van der Waals surface area contributed by atoms with Crippen molar-refractivity contribution in [3.8, 4) is 0 Å². The largest absolute Gasteiger partial charge is 0.332 e. The smallest absolute Gasteiger partial charge is 0.0950 e. The van der Waals surface area contributed by atoms with Gasteiger partial charge in [0, 0.05) is 12.4 Å². The summed E-state index contributed by atoms with van der Waals surface area (Å²) in [5.74, 6) is 0. The van der Waals surface area contributed by atoms with E-state index in [1.165, 1.54) is 5.57 Å².